The Hall–Kier alpha value is -0.610. The van der Waals surface area contributed by atoms with Crippen molar-refractivity contribution in [3.8, 4) is 0 Å². The van der Waals surface area contributed by atoms with Crippen LogP contribution in [-0.2, 0) is 9.53 Å². The summed E-state index contributed by atoms with van der Waals surface area (Å²) in [6.07, 6.45) is 0.958. The van der Waals surface area contributed by atoms with E-state index in [9.17, 15) is 4.79 Å². The summed E-state index contributed by atoms with van der Waals surface area (Å²) in [4.78, 5) is 11.6. The molecule has 0 radical (unpaired) electrons. The van der Waals surface area contributed by atoms with E-state index in [0.29, 0.717) is 6.61 Å². The second-order valence-corrected chi connectivity index (χ2v) is 4.47. The van der Waals surface area contributed by atoms with Crippen molar-refractivity contribution in [1.29, 1.82) is 0 Å². The number of hydrogen-bond acceptors (Lipinski definition) is 3. The van der Waals surface area contributed by atoms with Crippen LogP contribution in [0, 0.1) is 0 Å². The van der Waals surface area contributed by atoms with Crippen molar-refractivity contribution < 1.29 is 9.53 Å². The van der Waals surface area contributed by atoms with E-state index < -0.39 is 0 Å². The van der Waals surface area contributed by atoms with Crippen molar-refractivity contribution in [2.24, 2.45) is 0 Å². The van der Waals surface area contributed by atoms with Gasteiger partial charge in [0.25, 0.3) is 0 Å². The SMILES string of the molecule is CCCNC(=O)C(C)NC(C)(C)COC. The first-order valence-corrected chi connectivity index (χ1v) is 5.47. The van der Waals surface area contributed by atoms with Gasteiger partial charge < -0.3 is 10.1 Å². The Morgan fingerprint density at radius 3 is 2.53 bits per heavy atom. The summed E-state index contributed by atoms with van der Waals surface area (Å²) in [5.74, 6) is 0.0426. The standard InChI is InChI=1S/C11H24N2O2/c1-6-7-12-10(14)9(2)13-11(3,4)8-15-5/h9,13H,6-8H2,1-5H3,(H,12,14). The second kappa shape index (κ2) is 6.80. The summed E-state index contributed by atoms with van der Waals surface area (Å²) >= 11 is 0. The van der Waals surface area contributed by atoms with Crippen molar-refractivity contribution in [1.82, 2.24) is 10.6 Å². The molecule has 0 rings (SSSR count). The molecule has 0 aliphatic carbocycles. The Balaban J connectivity index is 3.99. The molecule has 15 heavy (non-hydrogen) atoms. The average Bonchev–Trinajstić information content (AvgIpc) is 2.13. The predicted molar refractivity (Wildman–Crippen MR) is 61.9 cm³/mol. The Bertz CT molecular complexity index is 193. The minimum Gasteiger partial charge on any atom is -0.383 e. The van der Waals surface area contributed by atoms with E-state index in [1.54, 1.807) is 7.11 Å². The highest BCUT2D eigenvalue weighted by atomic mass is 16.5. The van der Waals surface area contributed by atoms with Crippen molar-refractivity contribution in [3.63, 3.8) is 0 Å². The third-order valence-corrected chi connectivity index (χ3v) is 2.05. The molecule has 0 saturated carbocycles. The first-order chi connectivity index (χ1) is 6.93. The van der Waals surface area contributed by atoms with Crippen molar-refractivity contribution in [2.45, 2.75) is 45.7 Å². The Labute approximate surface area is 92.8 Å². The molecule has 0 spiro atoms. The average molecular weight is 216 g/mol. The molecule has 0 aromatic rings. The summed E-state index contributed by atoms with van der Waals surface area (Å²) in [5, 5.41) is 6.08. The maximum absolute atomic E-state index is 11.6. The number of amides is 1. The quantitative estimate of drug-likeness (QED) is 0.665. The lowest BCUT2D eigenvalue weighted by Crippen LogP contribution is -2.53. The van der Waals surface area contributed by atoms with Crippen LogP contribution in [-0.4, -0.2) is 37.7 Å². The zero-order valence-corrected chi connectivity index (χ0v) is 10.5. The van der Waals surface area contributed by atoms with Gasteiger partial charge >= 0.3 is 0 Å². The molecule has 2 N–H and O–H groups in total. The summed E-state index contributed by atoms with van der Waals surface area (Å²) in [7, 11) is 1.66. The van der Waals surface area contributed by atoms with Crippen molar-refractivity contribution in [3.05, 3.63) is 0 Å². The molecule has 0 saturated heterocycles. The van der Waals surface area contributed by atoms with Crippen LogP contribution < -0.4 is 10.6 Å². The van der Waals surface area contributed by atoms with Crippen LogP contribution in [0.3, 0.4) is 0 Å². The van der Waals surface area contributed by atoms with Gasteiger partial charge in [-0.2, -0.15) is 0 Å². The van der Waals surface area contributed by atoms with Gasteiger partial charge in [-0.25, -0.2) is 0 Å². The molecule has 0 aliphatic rings. The zero-order chi connectivity index (χ0) is 11.9. The van der Waals surface area contributed by atoms with Crippen LogP contribution in [0.2, 0.25) is 0 Å². The molecule has 1 atom stereocenters. The lowest BCUT2D eigenvalue weighted by Gasteiger charge is -2.28. The van der Waals surface area contributed by atoms with Gasteiger partial charge in [0, 0.05) is 19.2 Å². The second-order valence-electron chi connectivity index (χ2n) is 4.47. The van der Waals surface area contributed by atoms with Crippen LogP contribution in [0.4, 0.5) is 0 Å². The topological polar surface area (TPSA) is 50.4 Å². The molecule has 90 valence electrons. The normalized spacial score (nSPS) is 13.7. The number of nitrogens with one attached hydrogen (secondary N) is 2. The van der Waals surface area contributed by atoms with Gasteiger partial charge in [-0.05, 0) is 27.2 Å². The first kappa shape index (κ1) is 14.4. The zero-order valence-electron chi connectivity index (χ0n) is 10.5. The van der Waals surface area contributed by atoms with E-state index in [2.05, 4.69) is 10.6 Å². The molecule has 0 bridgehead atoms. The van der Waals surface area contributed by atoms with E-state index in [1.165, 1.54) is 0 Å². The summed E-state index contributed by atoms with van der Waals surface area (Å²) < 4.78 is 5.07. The fourth-order valence-corrected chi connectivity index (χ4v) is 1.46. The van der Waals surface area contributed by atoms with Gasteiger partial charge in [-0.3, -0.25) is 10.1 Å². The van der Waals surface area contributed by atoms with Gasteiger partial charge in [0.2, 0.25) is 5.91 Å². The molecular formula is C11H24N2O2. The highest BCUT2D eigenvalue weighted by Crippen LogP contribution is 2.03. The van der Waals surface area contributed by atoms with Gasteiger partial charge in [-0.15, -0.1) is 0 Å². The largest absolute Gasteiger partial charge is 0.383 e. The molecule has 0 aromatic heterocycles. The third kappa shape index (κ3) is 6.47. The fraction of sp³-hybridized carbons (Fsp3) is 0.909. The number of carbonyl (C=O) groups is 1. The maximum Gasteiger partial charge on any atom is 0.236 e. The number of carbonyl (C=O) groups excluding carboxylic acids is 1. The maximum atomic E-state index is 11.6. The van der Waals surface area contributed by atoms with Crippen molar-refractivity contribution in [2.75, 3.05) is 20.3 Å². The highest BCUT2D eigenvalue weighted by molar-refractivity contribution is 5.81. The van der Waals surface area contributed by atoms with Crippen molar-refractivity contribution >= 4 is 5.91 Å². The molecule has 1 amide bonds. The molecule has 4 nitrogen and oxygen atoms in total. The summed E-state index contributed by atoms with van der Waals surface area (Å²) in [6.45, 7) is 9.24. The predicted octanol–water partition coefficient (Wildman–Crippen LogP) is 0.916. The van der Waals surface area contributed by atoms with Gasteiger partial charge in [0.15, 0.2) is 0 Å². The van der Waals surface area contributed by atoms with Gasteiger partial charge in [-0.1, -0.05) is 6.92 Å². The van der Waals surface area contributed by atoms with E-state index >= 15 is 0 Å². The van der Waals surface area contributed by atoms with Crippen LogP contribution in [0.5, 0.6) is 0 Å². The smallest absolute Gasteiger partial charge is 0.236 e. The lowest BCUT2D eigenvalue weighted by molar-refractivity contribution is -0.123. The fourth-order valence-electron chi connectivity index (χ4n) is 1.46. The van der Waals surface area contributed by atoms with Gasteiger partial charge in [0.05, 0.1) is 12.6 Å². The molecule has 0 fully saturated rings. The highest BCUT2D eigenvalue weighted by Gasteiger charge is 2.23. The Morgan fingerprint density at radius 2 is 2.07 bits per heavy atom. The molecule has 4 heteroatoms. The molecule has 0 aromatic carbocycles. The molecule has 0 aliphatic heterocycles. The van der Waals surface area contributed by atoms with Crippen LogP contribution in [0.1, 0.15) is 34.1 Å². The number of methoxy groups -OCH3 is 1. The van der Waals surface area contributed by atoms with Crippen LogP contribution in [0.15, 0.2) is 0 Å². The monoisotopic (exact) mass is 216 g/mol. The summed E-state index contributed by atoms with van der Waals surface area (Å²) in [6, 6.07) is -0.193. The third-order valence-electron chi connectivity index (χ3n) is 2.05. The molecule has 0 heterocycles. The Kier molecular flexibility index (Phi) is 6.52. The van der Waals surface area contributed by atoms with E-state index in [0.717, 1.165) is 13.0 Å². The summed E-state index contributed by atoms with van der Waals surface area (Å²) in [5.41, 5.74) is -0.183. The van der Waals surface area contributed by atoms with Crippen LogP contribution >= 0.6 is 0 Å². The Morgan fingerprint density at radius 1 is 1.47 bits per heavy atom. The minimum absolute atomic E-state index is 0.0426. The van der Waals surface area contributed by atoms with E-state index in [1.807, 2.05) is 27.7 Å². The molecule has 1 unspecified atom stereocenters. The first-order valence-electron chi connectivity index (χ1n) is 5.47. The van der Waals surface area contributed by atoms with E-state index in [-0.39, 0.29) is 17.5 Å². The van der Waals surface area contributed by atoms with Crippen LogP contribution in [0.25, 0.3) is 0 Å². The lowest BCUT2D eigenvalue weighted by atomic mass is 10.1. The number of hydrogen-bond donors (Lipinski definition) is 2. The minimum atomic E-state index is -0.193. The number of ether oxygens (including phenoxy) is 1. The van der Waals surface area contributed by atoms with Gasteiger partial charge in [0.1, 0.15) is 0 Å². The molecular weight excluding hydrogens is 192 g/mol. The van der Waals surface area contributed by atoms with E-state index in [4.69, 9.17) is 4.74 Å². The number of rotatable bonds is 7.